The van der Waals surface area contributed by atoms with Crippen molar-refractivity contribution in [3.63, 3.8) is 0 Å². The fourth-order valence-electron chi connectivity index (χ4n) is 2.70. The molecule has 0 radical (unpaired) electrons. The van der Waals surface area contributed by atoms with Crippen LogP contribution in [0, 0.1) is 0 Å². The Morgan fingerprint density at radius 2 is 2.25 bits per heavy atom. The average molecular weight is 291 g/mol. The Morgan fingerprint density at radius 1 is 1.40 bits per heavy atom. The van der Waals surface area contributed by atoms with Crippen molar-refractivity contribution in [3.8, 4) is 0 Å². The molecule has 3 rings (SSSR count). The maximum Gasteiger partial charge on any atom is 0.151 e. The molecule has 0 saturated heterocycles. The van der Waals surface area contributed by atoms with Crippen molar-refractivity contribution < 1.29 is 0 Å². The van der Waals surface area contributed by atoms with Gasteiger partial charge in [-0.15, -0.1) is 0 Å². The first-order chi connectivity index (χ1) is 9.70. The Hall–Kier alpha value is -1.39. The van der Waals surface area contributed by atoms with Crippen molar-refractivity contribution in [2.75, 3.05) is 6.54 Å². The fourth-order valence-corrected chi connectivity index (χ4v) is 2.90. The van der Waals surface area contributed by atoms with E-state index in [-0.39, 0.29) is 0 Å². The van der Waals surface area contributed by atoms with E-state index in [9.17, 15) is 0 Å². The predicted octanol–water partition coefficient (Wildman–Crippen LogP) is 2.55. The average Bonchev–Trinajstić information content (AvgIpc) is 2.78. The minimum atomic E-state index is 0.614. The maximum absolute atomic E-state index is 6.03. The zero-order valence-corrected chi connectivity index (χ0v) is 12.3. The van der Waals surface area contributed by atoms with Gasteiger partial charge in [0.1, 0.15) is 6.33 Å². The molecule has 0 atom stereocenters. The van der Waals surface area contributed by atoms with Gasteiger partial charge in [0.2, 0.25) is 0 Å². The van der Waals surface area contributed by atoms with Gasteiger partial charge in [0.25, 0.3) is 0 Å². The highest BCUT2D eigenvalue weighted by molar-refractivity contribution is 6.30. The van der Waals surface area contributed by atoms with E-state index in [1.54, 1.807) is 11.0 Å². The van der Waals surface area contributed by atoms with Crippen LogP contribution in [0.15, 0.2) is 30.6 Å². The first kappa shape index (κ1) is 13.6. The van der Waals surface area contributed by atoms with E-state index < -0.39 is 0 Å². The van der Waals surface area contributed by atoms with Gasteiger partial charge in [-0.1, -0.05) is 23.7 Å². The van der Waals surface area contributed by atoms with Gasteiger partial charge in [-0.2, -0.15) is 5.10 Å². The molecule has 1 aliphatic rings. The molecule has 2 aromatic rings. The maximum atomic E-state index is 6.03. The molecule has 1 heterocycles. The Bertz CT molecular complexity index is 575. The van der Waals surface area contributed by atoms with Crippen molar-refractivity contribution in [3.05, 3.63) is 47.0 Å². The van der Waals surface area contributed by atoms with Crippen LogP contribution in [0.3, 0.4) is 0 Å². The summed E-state index contributed by atoms with van der Waals surface area (Å²) in [6.45, 7) is 0.941. The lowest BCUT2D eigenvalue weighted by Gasteiger charge is -2.36. The van der Waals surface area contributed by atoms with E-state index >= 15 is 0 Å². The topological polar surface area (TPSA) is 42.7 Å². The Labute approximate surface area is 124 Å². The van der Waals surface area contributed by atoms with E-state index in [1.807, 2.05) is 19.2 Å². The number of benzene rings is 1. The van der Waals surface area contributed by atoms with Gasteiger partial charge < -0.3 is 5.32 Å². The highest BCUT2D eigenvalue weighted by atomic mass is 35.5. The molecule has 5 heteroatoms. The van der Waals surface area contributed by atoms with Crippen LogP contribution in [-0.4, -0.2) is 27.4 Å². The number of rotatable bonds is 5. The van der Waals surface area contributed by atoms with Crippen LogP contribution in [0.25, 0.3) is 0 Å². The lowest BCUT2D eigenvalue weighted by Crippen LogP contribution is -2.41. The Kier molecular flexibility index (Phi) is 4.03. The molecule has 0 unspecified atom stereocenters. The van der Waals surface area contributed by atoms with Crippen LogP contribution >= 0.6 is 11.6 Å². The van der Waals surface area contributed by atoms with Gasteiger partial charge in [0, 0.05) is 31.1 Å². The monoisotopic (exact) mass is 290 g/mol. The molecule has 0 amide bonds. The third kappa shape index (κ3) is 3.19. The first-order valence-electron chi connectivity index (χ1n) is 7.04. The number of hydrogen-bond acceptors (Lipinski definition) is 3. The van der Waals surface area contributed by atoms with Gasteiger partial charge in [0.15, 0.2) is 5.82 Å². The number of nitrogens with zero attached hydrogens (tertiary/aromatic N) is 3. The Balaban J connectivity index is 1.40. The molecule has 106 valence electrons. The van der Waals surface area contributed by atoms with E-state index in [0.717, 1.165) is 23.8 Å². The summed E-state index contributed by atoms with van der Waals surface area (Å²) in [6, 6.07) is 8.83. The number of nitrogens with one attached hydrogen (secondary N) is 1. The standard InChI is InChI=1S/C15H19ClN4/c1-20-10-18-15(19-20)5-6-17-14-8-12(9-14)11-3-2-4-13(16)7-11/h2-4,7,10,12,14,17H,5-6,8-9H2,1H3. The Morgan fingerprint density at radius 3 is 2.95 bits per heavy atom. The van der Waals surface area contributed by atoms with E-state index in [0.29, 0.717) is 12.0 Å². The molecule has 1 fully saturated rings. The fraction of sp³-hybridized carbons (Fsp3) is 0.467. The summed E-state index contributed by atoms with van der Waals surface area (Å²) >= 11 is 6.03. The van der Waals surface area contributed by atoms with E-state index in [4.69, 9.17) is 11.6 Å². The first-order valence-corrected chi connectivity index (χ1v) is 7.42. The van der Waals surface area contributed by atoms with Gasteiger partial charge in [-0.05, 0) is 36.5 Å². The molecule has 0 bridgehead atoms. The van der Waals surface area contributed by atoms with Crippen LogP contribution in [0.2, 0.25) is 5.02 Å². The summed E-state index contributed by atoms with van der Waals surface area (Å²) in [5.74, 6) is 1.56. The number of aromatic nitrogens is 3. The van der Waals surface area contributed by atoms with Gasteiger partial charge in [-0.25, -0.2) is 4.98 Å². The van der Waals surface area contributed by atoms with Crippen LogP contribution in [0.4, 0.5) is 0 Å². The van der Waals surface area contributed by atoms with Gasteiger partial charge in [0.05, 0.1) is 0 Å². The van der Waals surface area contributed by atoms with Crippen LogP contribution in [0.5, 0.6) is 0 Å². The smallest absolute Gasteiger partial charge is 0.151 e. The zero-order chi connectivity index (χ0) is 13.9. The summed E-state index contributed by atoms with van der Waals surface area (Å²) in [7, 11) is 1.89. The van der Waals surface area contributed by atoms with Crippen molar-refractivity contribution in [2.24, 2.45) is 7.05 Å². The van der Waals surface area contributed by atoms with Crippen molar-refractivity contribution in [1.29, 1.82) is 0 Å². The molecule has 0 spiro atoms. The molecule has 4 nitrogen and oxygen atoms in total. The minimum Gasteiger partial charge on any atom is -0.313 e. The summed E-state index contributed by atoms with van der Waals surface area (Å²) < 4.78 is 1.74. The van der Waals surface area contributed by atoms with Crippen molar-refractivity contribution >= 4 is 11.6 Å². The molecule has 1 aliphatic carbocycles. The summed E-state index contributed by atoms with van der Waals surface area (Å²) in [5.41, 5.74) is 1.36. The third-order valence-electron chi connectivity index (χ3n) is 3.89. The molecule has 1 N–H and O–H groups in total. The second kappa shape index (κ2) is 5.94. The molecule has 1 aromatic carbocycles. The minimum absolute atomic E-state index is 0.614. The van der Waals surface area contributed by atoms with Crippen LogP contribution in [0.1, 0.15) is 30.1 Å². The summed E-state index contributed by atoms with van der Waals surface area (Å²) in [4.78, 5) is 4.23. The van der Waals surface area contributed by atoms with E-state index in [1.165, 1.54) is 18.4 Å². The quantitative estimate of drug-likeness (QED) is 0.920. The van der Waals surface area contributed by atoms with Crippen LogP contribution in [-0.2, 0) is 13.5 Å². The number of hydrogen-bond donors (Lipinski definition) is 1. The lowest BCUT2D eigenvalue weighted by atomic mass is 9.76. The predicted molar refractivity (Wildman–Crippen MR) is 79.9 cm³/mol. The van der Waals surface area contributed by atoms with Gasteiger partial charge in [-0.3, -0.25) is 4.68 Å². The van der Waals surface area contributed by atoms with Crippen molar-refractivity contribution in [1.82, 2.24) is 20.1 Å². The van der Waals surface area contributed by atoms with Crippen LogP contribution < -0.4 is 5.32 Å². The summed E-state index contributed by atoms with van der Waals surface area (Å²) in [5, 5.41) is 8.68. The highest BCUT2D eigenvalue weighted by Gasteiger charge is 2.29. The SMILES string of the molecule is Cn1cnc(CCNC2CC(c3cccc(Cl)c3)C2)n1. The van der Waals surface area contributed by atoms with E-state index in [2.05, 4.69) is 27.5 Å². The molecular formula is C15H19ClN4. The normalized spacial score (nSPS) is 21.7. The molecule has 0 aliphatic heterocycles. The highest BCUT2D eigenvalue weighted by Crippen LogP contribution is 2.37. The zero-order valence-electron chi connectivity index (χ0n) is 11.6. The largest absolute Gasteiger partial charge is 0.313 e. The lowest BCUT2D eigenvalue weighted by molar-refractivity contribution is 0.292. The number of halogens is 1. The second-order valence-electron chi connectivity index (χ2n) is 5.46. The molecular weight excluding hydrogens is 272 g/mol. The second-order valence-corrected chi connectivity index (χ2v) is 5.90. The molecule has 1 saturated carbocycles. The molecule has 1 aromatic heterocycles. The third-order valence-corrected chi connectivity index (χ3v) is 4.12. The van der Waals surface area contributed by atoms with Gasteiger partial charge >= 0.3 is 0 Å². The number of aryl methyl sites for hydroxylation is 1. The van der Waals surface area contributed by atoms with Crippen molar-refractivity contribution in [2.45, 2.75) is 31.2 Å². The summed E-state index contributed by atoms with van der Waals surface area (Å²) in [6.07, 6.45) is 5.01. The molecule has 20 heavy (non-hydrogen) atoms.